The van der Waals surface area contributed by atoms with E-state index in [2.05, 4.69) is 10.3 Å². The van der Waals surface area contributed by atoms with E-state index < -0.39 is 0 Å². The zero-order valence-corrected chi connectivity index (χ0v) is 10.4. The van der Waals surface area contributed by atoms with Crippen molar-refractivity contribution >= 4 is 11.5 Å². The second kappa shape index (κ2) is 4.31. The first-order chi connectivity index (χ1) is 8.71. The van der Waals surface area contributed by atoms with Crippen molar-refractivity contribution in [2.24, 2.45) is 5.92 Å². The lowest BCUT2D eigenvalue weighted by Gasteiger charge is -2.16. The summed E-state index contributed by atoms with van der Waals surface area (Å²) in [6, 6.07) is 3.63. The molecule has 0 aliphatic heterocycles. The molecule has 4 N–H and O–H groups in total. The summed E-state index contributed by atoms with van der Waals surface area (Å²) in [5.74, 6) is 1.90. The molecule has 0 atom stereocenters. The van der Waals surface area contributed by atoms with E-state index in [0.29, 0.717) is 24.1 Å². The average Bonchev–Trinajstić information content (AvgIpc) is 3.25. The Kier molecular flexibility index (Phi) is 2.78. The van der Waals surface area contributed by atoms with Gasteiger partial charge >= 0.3 is 0 Å². The highest BCUT2D eigenvalue weighted by Gasteiger charge is 2.42. The van der Waals surface area contributed by atoms with Crippen molar-refractivity contribution < 1.29 is 9.84 Å². The molecule has 5 nitrogen and oxygen atoms in total. The maximum Gasteiger partial charge on any atom is 0.239 e. The quantitative estimate of drug-likeness (QED) is 0.710. The Morgan fingerprint density at radius 2 is 2.22 bits per heavy atom. The summed E-state index contributed by atoms with van der Waals surface area (Å²) in [4.78, 5) is 4.38. The van der Waals surface area contributed by atoms with Gasteiger partial charge in [-0.2, -0.15) is 4.98 Å². The number of aromatic nitrogens is 1. The molecule has 2 saturated carbocycles. The summed E-state index contributed by atoms with van der Waals surface area (Å²) >= 11 is 0. The molecule has 1 aromatic rings. The molecule has 3 rings (SSSR count). The minimum Gasteiger partial charge on any atom is -0.476 e. The van der Waals surface area contributed by atoms with Gasteiger partial charge in [-0.25, -0.2) is 0 Å². The van der Waals surface area contributed by atoms with Crippen LogP contribution in [0.1, 0.15) is 25.7 Å². The first kappa shape index (κ1) is 11.6. The number of pyridine rings is 1. The number of nitrogens with two attached hydrogens (primary N) is 1. The van der Waals surface area contributed by atoms with Crippen LogP contribution in [0, 0.1) is 5.92 Å². The standard InChI is InChI=1S/C13H19N3O2/c14-10-3-4-11(16-13(8-17)5-6-13)15-12(10)18-7-9-1-2-9/h3-4,9,17H,1-2,5-8,14H2,(H,15,16). The third kappa shape index (κ3) is 2.51. The highest BCUT2D eigenvalue weighted by molar-refractivity contribution is 5.54. The lowest BCUT2D eigenvalue weighted by atomic mass is 10.3. The Balaban J connectivity index is 1.68. The zero-order valence-electron chi connectivity index (χ0n) is 10.4. The molecule has 0 amide bonds. The second-order valence-corrected chi connectivity index (χ2v) is 5.41. The summed E-state index contributed by atoms with van der Waals surface area (Å²) in [6.07, 6.45) is 4.44. The number of nitrogens with one attached hydrogen (secondary N) is 1. The SMILES string of the molecule is Nc1ccc(NC2(CO)CC2)nc1OCC1CC1. The van der Waals surface area contributed by atoms with Gasteiger partial charge in [0.25, 0.3) is 0 Å². The smallest absolute Gasteiger partial charge is 0.239 e. The van der Waals surface area contributed by atoms with Crippen LogP contribution in [0.15, 0.2) is 12.1 Å². The Morgan fingerprint density at radius 1 is 1.44 bits per heavy atom. The molecular weight excluding hydrogens is 230 g/mol. The fourth-order valence-electron chi connectivity index (χ4n) is 1.86. The van der Waals surface area contributed by atoms with E-state index in [1.54, 1.807) is 6.07 Å². The van der Waals surface area contributed by atoms with E-state index in [-0.39, 0.29) is 12.1 Å². The van der Waals surface area contributed by atoms with Crippen molar-refractivity contribution in [1.29, 1.82) is 0 Å². The molecule has 98 valence electrons. The fraction of sp³-hybridized carbons (Fsp3) is 0.615. The molecule has 0 unspecified atom stereocenters. The molecule has 0 radical (unpaired) electrons. The molecule has 1 aromatic heterocycles. The third-order valence-corrected chi connectivity index (χ3v) is 3.59. The van der Waals surface area contributed by atoms with E-state index >= 15 is 0 Å². The van der Waals surface area contributed by atoms with Gasteiger partial charge in [-0.05, 0) is 43.7 Å². The average molecular weight is 249 g/mol. The monoisotopic (exact) mass is 249 g/mol. The molecule has 2 aliphatic carbocycles. The van der Waals surface area contributed by atoms with E-state index in [9.17, 15) is 5.11 Å². The molecule has 5 heteroatoms. The lowest BCUT2D eigenvalue weighted by molar-refractivity contribution is 0.265. The molecule has 0 saturated heterocycles. The first-order valence-corrected chi connectivity index (χ1v) is 6.49. The van der Waals surface area contributed by atoms with Gasteiger partial charge in [-0.1, -0.05) is 0 Å². The van der Waals surface area contributed by atoms with E-state index in [1.807, 2.05) is 6.07 Å². The summed E-state index contributed by atoms with van der Waals surface area (Å²) in [7, 11) is 0. The minimum absolute atomic E-state index is 0.136. The topological polar surface area (TPSA) is 80.4 Å². The van der Waals surface area contributed by atoms with Crippen molar-refractivity contribution in [3.05, 3.63) is 12.1 Å². The summed E-state index contributed by atoms with van der Waals surface area (Å²) in [6.45, 7) is 0.836. The first-order valence-electron chi connectivity index (χ1n) is 6.49. The fourth-order valence-corrected chi connectivity index (χ4v) is 1.86. The minimum atomic E-state index is -0.170. The normalized spacial score (nSPS) is 20.5. The summed E-state index contributed by atoms with van der Waals surface area (Å²) in [5, 5.41) is 12.5. The van der Waals surface area contributed by atoms with Crippen LogP contribution >= 0.6 is 0 Å². The highest BCUT2D eigenvalue weighted by atomic mass is 16.5. The number of hydrogen-bond acceptors (Lipinski definition) is 5. The largest absolute Gasteiger partial charge is 0.476 e. The molecular formula is C13H19N3O2. The van der Waals surface area contributed by atoms with Crippen LogP contribution in [0.25, 0.3) is 0 Å². The second-order valence-electron chi connectivity index (χ2n) is 5.41. The van der Waals surface area contributed by atoms with E-state index in [0.717, 1.165) is 18.7 Å². The van der Waals surface area contributed by atoms with Crippen LogP contribution in [0.2, 0.25) is 0 Å². The number of anilines is 2. The number of ether oxygens (including phenoxy) is 1. The number of aliphatic hydroxyl groups is 1. The zero-order chi connectivity index (χ0) is 12.6. The van der Waals surface area contributed by atoms with Gasteiger partial charge < -0.3 is 20.9 Å². The van der Waals surface area contributed by atoms with Crippen molar-refractivity contribution in [2.45, 2.75) is 31.2 Å². The third-order valence-electron chi connectivity index (χ3n) is 3.59. The summed E-state index contributed by atoms with van der Waals surface area (Å²) < 4.78 is 5.63. The van der Waals surface area contributed by atoms with Crippen molar-refractivity contribution in [3.8, 4) is 5.88 Å². The van der Waals surface area contributed by atoms with Gasteiger partial charge in [-0.3, -0.25) is 0 Å². The lowest BCUT2D eigenvalue weighted by Crippen LogP contribution is -2.26. The molecule has 0 spiro atoms. The maximum absolute atomic E-state index is 9.28. The molecule has 2 aliphatic rings. The van der Waals surface area contributed by atoms with Crippen LogP contribution in [-0.4, -0.2) is 28.8 Å². The van der Waals surface area contributed by atoms with Gasteiger partial charge in [0.15, 0.2) is 0 Å². The van der Waals surface area contributed by atoms with Gasteiger partial charge in [0.05, 0.1) is 24.4 Å². The molecule has 2 fully saturated rings. The highest BCUT2D eigenvalue weighted by Crippen LogP contribution is 2.38. The van der Waals surface area contributed by atoms with Gasteiger partial charge in [0.2, 0.25) is 5.88 Å². The van der Waals surface area contributed by atoms with Crippen LogP contribution < -0.4 is 15.8 Å². The Labute approximate surface area is 106 Å². The van der Waals surface area contributed by atoms with E-state index in [4.69, 9.17) is 10.5 Å². The molecule has 18 heavy (non-hydrogen) atoms. The van der Waals surface area contributed by atoms with Crippen LogP contribution in [0.3, 0.4) is 0 Å². The number of nitrogens with zero attached hydrogens (tertiary/aromatic N) is 1. The van der Waals surface area contributed by atoms with Gasteiger partial charge in [0, 0.05) is 0 Å². The number of rotatable bonds is 6. The number of hydrogen-bond donors (Lipinski definition) is 3. The molecule has 1 heterocycles. The maximum atomic E-state index is 9.28. The van der Waals surface area contributed by atoms with Crippen LogP contribution in [-0.2, 0) is 0 Å². The van der Waals surface area contributed by atoms with E-state index in [1.165, 1.54) is 12.8 Å². The van der Waals surface area contributed by atoms with Crippen LogP contribution in [0.4, 0.5) is 11.5 Å². The van der Waals surface area contributed by atoms with Gasteiger partial charge in [-0.15, -0.1) is 0 Å². The van der Waals surface area contributed by atoms with Crippen LogP contribution in [0.5, 0.6) is 5.88 Å². The van der Waals surface area contributed by atoms with Crippen molar-refractivity contribution in [1.82, 2.24) is 4.98 Å². The molecule has 0 bridgehead atoms. The Bertz CT molecular complexity index is 442. The predicted molar refractivity (Wildman–Crippen MR) is 69.5 cm³/mol. The Morgan fingerprint density at radius 3 is 2.83 bits per heavy atom. The molecule has 0 aromatic carbocycles. The number of nitrogen functional groups attached to an aromatic ring is 1. The van der Waals surface area contributed by atoms with Crippen molar-refractivity contribution in [2.75, 3.05) is 24.3 Å². The number of aliphatic hydroxyl groups excluding tert-OH is 1. The van der Waals surface area contributed by atoms with Gasteiger partial charge in [0.1, 0.15) is 5.82 Å². The summed E-state index contributed by atoms with van der Waals surface area (Å²) in [5.41, 5.74) is 6.24. The van der Waals surface area contributed by atoms with Crippen molar-refractivity contribution in [3.63, 3.8) is 0 Å². The Hall–Kier alpha value is -1.49. The predicted octanol–water partition coefficient (Wildman–Crippen LogP) is 1.39.